The summed E-state index contributed by atoms with van der Waals surface area (Å²) in [7, 11) is 0. The van der Waals surface area contributed by atoms with E-state index in [2.05, 4.69) is 15.3 Å². The van der Waals surface area contributed by atoms with E-state index >= 15 is 0 Å². The molecule has 3 rings (SSSR count). The lowest BCUT2D eigenvalue weighted by Gasteiger charge is -2.26. The van der Waals surface area contributed by atoms with Gasteiger partial charge in [0.1, 0.15) is 0 Å². The molecule has 0 bridgehead atoms. The number of carbonyl (C=O) groups excluding carboxylic acids is 1. The summed E-state index contributed by atoms with van der Waals surface area (Å²) in [4.78, 5) is 19.3. The second kappa shape index (κ2) is 5.01. The van der Waals surface area contributed by atoms with Gasteiger partial charge in [-0.25, -0.2) is 4.98 Å². The molecule has 0 radical (unpaired) electrons. The van der Waals surface area contributed by atoms with Gasteiger partial charge in [0, 0.05) is 11.6 Å². The van der Waals surface area contributed by atoms with E-state index in [0.29, 0.717) is 12.0 Å². The van der Waals surface area contributed by atoms with Crippen molar-refractivity contribution in [3.63, 3.8) is 0 Å². The minimum absolute atomic E-state index is 0.0775. The number of carbonyl (C=O) groups is 1. The first-order valence-electron chi connectivity index (χ1n) is 6.64. The second-order valence-corrected chi connectivity index (χ2v) is 5.13. The van der Waals surface area contributed by atoms with Crippen LogP contribution in [-0.4, -0.2) is 33.1 Å². The van der Waals surface area contributed by atoms with Crippen LogP contribution in [0.25, 0.3) is 11.0 Å². The molecule has 1 fully saturated rings. The minimum Gasteiger partial charge on any atom is -0.393 e. The van der Waals surface area contributed by atoms with Crippen LogP contribution in [0.1, 0.15) is 36.0 Å². The molecule has 1 aliphatic carbocycles. The zero-order valence-electron chi connectivity index (χ0n) is 10.6. The Morgan fingerprint density at radius 3 is 3.16 bits per heavy atom. The van der Waals surface area contributed by atoms with E-state index in [9.17, 15) is 9.90 Å². The Hall–Kier alpha value is -1.88. The van der Waals surface area contributed by atoms with Crippen LogP contribution in [0.15, 0.2) is 24.5 Å². The molecule has 1 heterocycles. The lowest BCUT2D eigenvalue weighted by molar-refractivity contribution is 0.0850. The van der Waals surface area contributed by atoms with Crippen molar-refractivity contribution in [1.82, 2.24) is 15.3 Å². The van der Waals surface area contributed by atoms with Crippen molar-refractivity contribution in [2.75, 3.05) is 0 Å². The van der Waals surface area contributed by atoms with E-state index in [0.717, 1.165) is 30.3 Å². The van der Waals surface area contributed by atoms with Crippen LogP contribution < -0.4 is 5.32 Å². The molecule has 2 aromatic rings. The highest BCUT2D eigenvalue weighted by atomic mass is 16.3. The Morgan fingerprint density at radius 1 is 1.42 bits per heavy atom. The van der Waals surface area contributed by atoms with E-state index in [1.807, 2.05) is 6.07 Å². The molecule has 0 unspecified atom stereocenters. The predicted molar refractivity (Wildman–Crippen MR) is 71.8 cm³/mol. The highest BCUT2D eigenvalue weighted by Gasteiger charge is 2.22. The van der Waals surface area contributed by atoms with Gasteiger partial charge in [-0.3, -0.25) is 4.79 Å². The number of imidazole rings is 1. The van der Waals surface area contributed by atoms with Gasteiger partial charge in [0.05, 0.1) is 23.5 Å². The molecule has 1 aromatic carbocycles. The molecular formula is C14H17N3O2. The molecule has 19 heavy (non-hydrogen) atoms. The Bertz CT molecular complexity index is 593. The van der Waals surface area contributed by atoms with Gasteiger partial charge < -0.3 is 15.4 Å². The van der Waals surface area contributed by atoms with Crippen LogP contribution >= 0.6 is 0 Å². The first-order valence-corrected chi connectivity index (χ1v) is 6.64. The number of H-pyrrole nitrogens is 1. The standard InChI is InChI=1S/C14H17N3O2/c18-11-3-1-2-10(7-11)17-14(19)9-4-5-12-13(6-9)16-8-15-12/h4-6,8,10-11,18H,1-3,7H2,(H,15,16)(H,17,19)/t10-,11+/m1/s1. The number of aliphatic hydroxyl groups excluding tert-OH is 1. The Kier molecular flexibility index (Phi) is 3.21. The normalized spacial score (nSPS) is 23.4. The molecule has 2 atom stereocenters. The minimum atomic E-state index is -0.283. The summed E-state index contributed by atoms with van der Waals surface area (Å²) in [6, 6.07) is 5.49. The summed E-state index contributed by atoms with van der Waals surface area (Å²) < 4.78 is 0. The van der Waals surface area contributed by atoms with Crippen LogP contribution in [0, 0.1) is 0 Å². The fraction of sp³-hybridized carbons (Fsp3) is 0.429. The van der Waals surface area contributed by atoms with Gasteiger partial charge in [0.25, 0.3) is 5.91 Å². The summed E-state index contributed by atoms with van der Waals surface area (Å²) in [6.07, 6.45) is 4.73. The number of hydrogen-bond acceptors (Lipinski definition) is 3. The summed E-state index contributed by atoms with van der Waals surface area (Å²) in [5.41, 5.74) is 2.33. The van der Waals surface area contributed by atoms with Gasteiger partial charge in [-0.15, -0.1) is 0 Å². The second-order valence-electron chi connectivity index (χ2n) is 5.13. The number of aromatic amines is 1. The molecule has 0 saturated heterocycles. The molecule has 3 N–H and O–H groups in total. The van der Waals surface area contributed by atoms with Gasteiger partial charge in [0.15, 0.2) is 0 Å². The van der Waals surface area contributed by atoms with Gasteiger partial charge in [-0.2, -0.15) is 0 Å². The maximum Gasteiger partial charge on any atom is 0.251 e. The topological polar surface area (TPSA) is 78.0 Å². The summed E-state index contributed by atoms with van der Waals surface area (Å²) in [5.74, 6) is -0.0874. The third kappa shape index (κ3) is 2.61. The van der Waals surface area contributed by atoms with Crippen molar-refractivity contribution in [1.29, 1.82) is 0 Å². The SMILES string of the molecule is O=C(N[C@@H]1CCC[C@H](O)C1)c1ccc2nc[nH]c2c1. The third-order valence-corrected chi connectivity index (χ3v) is 3.66. The molecule has 0 aliphatic heterocycles. The maximum absolute atomic E-state index is 12.2. The van der Waals surface area contributed by atoms with Crippen LogP contribution in [0.5, 0.6) is 0 Å². The number of aromatic nitrogens is 2. The van der Waals surface area contributed by atoms with E-state index < -0.39 is 0 Å². The smallest absolute Gasteiger partial charge is 0.251 e. The molecule has 0 spiro atoms. The lowest BCUT2D eigenvalue weighted by atomic mass is 9.93. The van der Waals surface area contributed by atoms with E-state index in [1.165, 1.54) is 0 Å². The van der Waals surface area contributed by atoms with Crippen LogP contribution in [0.2, 0.25) is 0 Å². The van der Waals surface area contributed by atoms with Crippen LogP contribution in [-0.2, 0) is 0 Å². The number of nitrogens with one attached hydrogen (secondary N) is 2. The quantitative estimate of drug-likeness (QED) is 0.766. The monoisotopic (exact) mass is 259 g/mol. The number of nitrogens with zero attached hydrogens (tertiary/aromatic N) is 1. The van der Waals surface area contributed by atoms with Crippen LogP contribution in [0.3, 0.4) is 0 Å². The van der Waals surface area contributed by atoms with Crippen molar-refractivity contribution in [3.8, 4) is 0 Å². The number of aliphatic hydroxyl groups is 1. The van der Waals surface area contributed by atoms with Crippen molar-refractivity contribution in [2.24, 2.45) is 0 Å². The molecule has 5 nitrogen and oxygen atoms in total. The van der Waals surface area contributed by atoms with Gasteiger partial charge >= 0.3 is 0 Å². The molecular weight excluding hydrogens is 242 g/mol. The number of amides is 1. The summed E-state index contributed by atoms with van der Waals surface area (Å²) in [6.45, 7) is 0. The molecule has 1 aromatic heterocycles. The van der Waals surface area contributed by atoms with Gasteiger partial charge in [-0.1, -0.05) is 0 Å². The van der Waals surface area contributed by atoms with Gasteiger partial charge in [-0.05, 0) is 43.9 Å². The van der Waals surface area contributed by atoms with Crippen molar-refractivity contribution >= 4 is 16.9 Å². The average molecular weight is 259 g/mol. The first kappa shape index (κ1) is 12.2. The van der Waals surface area contributed by atoms with Crippen molar-refractivity contribution in [3.05, 3.63) is 30.1 Å². The zero-order valence-corrected chi connectivity index (χ0v) is 10.6. The highest BCUT2D eigenvalue weighted by Crippen LogP contribution is 2.19. The third-order valence-electron chi connectivity index (χ3n) is 3.66. The Morgan fingerprint density at radius 2 is 2.32 bits per heavy atom. The van der Waals surface area contributed by atoms with E-state index in [-0.39, 0.29) is 18.1 Å². The number of hydrogen-bond donors (Lipinski definition) is 3. The molecule has 1 saturated carbocycles. The van der Waals surface area contributed by atoms with Crippen molar-refractivity contribution in [2.45, 2.75) is 37.8 Å². The lowest BCUT2D eigenvalue weighted by Crippen LogP contribution is -2.39. The Balaban J connectivity index is 1.72. The predicted octanol–water partition coefficient (Wildman–Crippen LogP) is 1.60. The summed E-state index contributed by atoms with van der Waals surface area (Å²) >= 11 is 0. The fourth-order valence-corrected chi connectivity index (χ4v) is 2.64. The number of fused-ring (bicyclic) bond motifs is 1. The van der Waals surface area contributed by atoms with Crippen LogP contribution in [0.4, 0.5) is 0 Å². The summed E-state index contributed by atoms with van der Waals surface area (Å²) in [5, 5.41) is 12.6. The average Bonchev–Trinajstić information content (AvgIpc) is 2.85. The van der Waals surface area contributed by atoms with Crippen molar-refractivity contribution < 1.29 is 9.90 Å². The molecule has 1 amide bonds. The van der Waals surface area contributed by atoms with Gasteiger partial charge in [0.2, 0.25) is 0 Å². The fourth-order valence-electron chi connectivity index (χ4n) is 2.64. The molecule has 100 valence electrons. The number of benzene rings is 1. The van der Waals surface area contributed by atoms with E-state index in [4.69, 9.17) is 0 Å². The molecule has 1 aliphatic rings. The highest BCUT2D eigenvalue weighted by molar-refractivity contribution is 5.97. The zero-order chi connectivity index (χ0) is 13.2. The number of rotatable bonds is 2. The maximum atomic E-state index is 12.2. The largest absolute Gasteiger partial charge is 0.393 e. The Labute approximate surface area is 111 Å². The molecule has 5 heteroatoms. The first-order chi connectivity index (χ1) is 9.22. The van der Waals surface area contributed by atoms with E-state index in [1.54, 1.807) is 18.5 Å².